The van der Waals surface area contributed by atoms with Gasteiger partial charge in [0.2, 0.25) is 0 Å². The van der Waals surface area contributed by atoms with Crippen LogP contribution in [0.5, 0.6) is 11.5 Å². The zero-order chi connectivity index (χ0) is 23.1. The van der Waals surface area contributed by atoms with E-state index in [0.717, 1.165) is 44.5 Å². The topological polar surface area (TPSA) is 49.2 Å². The van der Waals surface area contributed by atoms with Crippen molar-refractivity contribution in [2.75, 3.05) is 13.2 Å². The standard InChI is InChI=1S/C28H23N3O2S/c1-18-14-23-26(15-19(18)2)34-27(29-23)11-9-21-17-31(22-6-4-3-5-7-22)30-28(21)20-8-10-24-25(16-20)33-13-12-32-24/h3-11,14-17H,12-13H2,1-2H3. The highest BCUT2D eigenvalue weighted by Gasteiger charge is 2.16. The first-order valence-corrected chi connectivity index (χ1v) is 12.1. The molecule has 0 saturated carbocycles. The molecule has 0 fully saturated rings. The summed E-state index contributed by atoms with van der Waals surface area (Å²) in [5, 5.41) is 5.90. The first-order valence-electron chi connectivity index (χ1n) is 11.2. The highest BCUT2D eigenvalue weighted by atomic mass is 32.1. The number of thiazole rings is 1. The fraction of sp³-hybridized carbons (Fsp3) is 0.143. The van der Waals surface area contributed by atoms with E-state index < -0.39 is 0 Å². The van der Waals surface area contributed by atoms with Crippen LogP contribution >= 0.6 is 11.3 Å². The zero-order valence-electron chi connectivity index (χ0n) is 19.0. The molecular formula is C28H23N3O2S. The molecular weight excluding hydrogens is 442 g/mol. The van der Waals surface area contributed by atoms with Crippen molar-refractivity contribution in [2.45, 2.75) is 13.8 Å². The van der Waals surface area contributed by atoms with Crippen LogP contribution in [-0.2, 0) is 0 Å². The van der Waals surface area contributed by atoms with E-state index in [1.807, 2.05) is 53.2 Å². The minimum absolute atomic E-state index is 0.554. The molecule has 3 aromatic carbocycles. The summed E-state index contributed by atoms with van der Waals surface area (Å²) in [4.78, 5) is 4.82. The van der Waals surface area contributed by atoms with Crippen molar-refractivity contribution in [3.05, 3.63) is 88.6 Å². The molecule has 5 aromatic rings. The number of fused-ring (bicyclic) bond motifs is 2. The van der Waals surface area contributed by atoms with Gasteiger partial charge < -0.3 is 9.47 Å². The van der Waals surface area contributed by atoms with Crippen molar-refractivity contribution in [3.8, 4) is 28.4 Å². The van der Waals surface area contributed by atoms with Gasteiger partial charge in [-0.15, -0.1) is 11.3 Å². The molecule has 3 heterocycles. The van der Waals surface area contributed by atoms with E-state index in [-0.39, 0.29) is 0 Å². The van der Waals surface area contributed by atoms with Gasteiger partial charge in [0.15, 0.2) is 11.5 Å². The van der Waals surface area contributed by atoms with Crippen LogP contribution in [-0.4, -0.2) is 28.0 Å². The smallest absolute Gasteiger partial charge is 0.162 e. The molecule has 5 nitrogen and oxygen atoms in total. The van der Waals surface area contributed by atoms with Gasteiger partial charge in [0.1, 0.15) is 23.9 Å². The van der Waals surface area contributed by atoms with Crippen LogP contribution in [0.2, 0.25) is 0 Å². The second-order valence-corrected chi connectivity index (χ2v) is 9.42. The molecule has 0 unspecified atom stereocenters. The van der Waals surface area contributed by atoms with Crippen molar-refractivity contribution < 1.29 is 9.47 Å². The average molecular weight is 466 g/mol. The fourth-order valence-electron chi connectivity index (χ4n) is 4.07. The number of hydrogen-bond donors (Lipinski definition) is 0. The second kappa shape index (κ2) is 8.47. The molecule has 6 rings (SSSR count). The highest BCUT2D eigenvalue weighted by molar-refractivity contribution is 7.19. The highest BCUT2D eigenvalue weighted by Crippen LogP contribution is 2.36. The Kier molecular flexibility index (Phi) is 5.15. The summed E-state index contributed by atoms with van der Waals surface area (Å²) in [6.45, 7) is 5.39. The Morgan fingerprint density at radius 3 is 2.53 bits per heavy atom. The molecule has 0 atom stereocenters. The van der Waals surface area contributed by atoms with Gasteiger partial charge in [0, 0.05) is 17.3 Å². The summed E-state index contributed by atoms with van der Waals surface area (Å²) in [5.74, 6) is 1.53. The lowest BCUT2D eigenvalue weighted by molar-refractivity contribution is 0.171. The summed E-state index contributed by atoms with van der Waals surface area (Å²) in [6.07, 6.45) is 6.22. The van der Waals surface area contributed by atoms with E-state index in [1.165, 1.54) is 15.8 Å². The van der Waals surface area contributed by atoms with E-state index >= 15 is 0 Å². The monoisotopic (exact) mass is 465 g/mol. The van der Waals surface area contributed by atoms with E-state index in [4.69, 9.17) is 19.6 Å². The molecule has 0 amide bonds. The molecule has 1 aliphatic heterocycles. The van der Waals surface area contributed by atoms with Crippen LogP contribution in [0.1, 0.15) is 21.7 Å². The fourth-order valence-corrected chi connectivity index (χ4v) is 5.02. The number of para-hydroxylation sites is 1. The number of aromatic nitrogens is 3. The molecule has 0 spiro atoms. The summed E-state index contributed by atoms with van der Waals surface area (Å²) >= 11 is 1.70. The lowest BCUT2D eigenvalue weighted by Gasteiger charge is -2.18. The van der Waals surface area contributed by atoms with Gasteiger partial charge in [0.05, 0.1) is 15.9 Å². The second-order valence-electron chi connectivity index (χ2n) is 8.36. The Labute approximate surface area is 201 Å². The van der Waals surface area contributed by atoms with Crippen molar-refractivity contribution in [1.82, 2.24) is 14.8 Å². The summed E-state index contributed by atoms with van der Waals surface area (Å²) in [5.41, 5.74) is 7.47. The van der Waals surface area contributed by atoms with E-state index in [0.29, 0.717) is 13.2 Å². The van der Waals surface area contributed by atoms with Crippen LogP contribution in [0.4, 0.5) is 0 Å². The Morgan fingerprint density at radius 2 is 1.68 bits per heavy atom. The van der Waals surface area contributed by atoms with Gasteiger partial charge in [-0.3, -0.25) is 0 Å². The maximum atomic E-state index is 5.81. The average Bonchev–Trinajstić information content (AvgIpc) is 3.47. The van der Waals surface area contributed by atoms with Gasteiger partial charge in [-0.05, 0) is 79.6 Å². The molecule has 34 heavy (non-hydrogen) atoms. The number of aryl methyl sites for hydroxylation is 2. The minimum atomic E-state index is 0.554. The third-order valence-corrected chi connectivity index (χ3v) is 6.99. The molecule has 1 aliphatic rings. The molecule has 0 bridgehead atoms. The molecule has 0 radical (unpaired) electrons. The molecule has 168 valence electrons. The maximum Gasteiger partial charge on any atom is 0.162 e. The third kappa shape index (κ3) is 3.86. The Morgan fingerprint density at radius 1 is 0.882 bits per heavy atom. The van der Waals surface area contributed by atoms with Gasteiger partial charge in [-0.25, -0.2) is 9.67 Å². The quantitative estimate of drug-likeness (QED) is 0.296. The third-order valence-electron chi connectivity index (χ3n) is 6.00. The van der Waals surface area contributed by atoms with Crippen LogP contribution in [0.15, 0.2) is 66.9 Å². The maximum absolute atomic E-state index is 5.81. The predicted octanol–water partition coefficient (Wildman–Crippen LogP) is 6.71. The summed E-state index contributed by atoms with van der Waals surface area (Å²) in [7, 11) is 0. The van der Waals surface area contributed by atoms with Crippen molar-refractivity contribution in [1.29, 1.82) is 0 Å². The normalized spacial score (nSPS) is 13.1. The van der Waals surface area contributed by atoms with Crippen LogP contribution in [0, 0.1) is 13.8 Å². The van der Waals surface area contributed by atoms with Gasteiger partial charge in [0.25, 0.3) is 0 Å². The predicted molar refractivity (Wildman–Crippen MR) is 138 cm³/mol. The zero-order valence-corrected chi connectivity index (χ0v) is 19.8. The molecule has 0 N–H and O–H groups in total. The van der Waals surface area contributed by atoms with E-state index in [2.05, 4.69) is 44.3 Å². The number of rotatable bonds is 4. The van der Waals surface area contributed by atoms with E-state index in [1.54, 1.807) is 11.3 Å². The van der Waals surface area contributed by atoms with Crippen LogP contribution in [0.25, 0.3) is 39.3 Å². The lowest BCUT2D eigenvalue weighted by atomic mass is 10.1. The molecule has 2 aromatic heterocycles. The van der Waals surface area contributed by atoms with Crippen LogP contribution in [0.3, 0.4) is 0 Å². The van der Waals surface area contributed by atoms with Crippen molar-refractivity contribution >= 4 is 33.7 Å². The first kappa shape index (κ1) is 20.7. The molecule has 0 aliphatic carbocycles. The summed E-state index contributed by atoms with van der Waals surface area (Å²) in [6, 6.07) is 20.5. The SMILES string of the molecule is Cc1cc2nc(C=Cc3cn(-c4ccccc4)nc3-c3ccc4c(c3)OCCO4)sc2cc1C. The summed E-state index contributed by atoms with van der Waals surface area (Å²) < 4.78 is 14.6. The number of nitrogens with zero attached hydrogens (tertiary/aromatic N) is 3. The lowest BCUT2D eigenvalue weighted by Crippen LogP contribution is -2.15. The van der Waals surface area contributed by atoms with Crippen LogP contribution < -0.4 is 9.47 Å². The number of benzene rings is 3. The minimum Gasteiger partial charge on any atom is -0.486 e. The number of hydrogen-bond acceptors (Lipinski definition) is 5. The largest absolute Gasteiger partial charge is 0.486 e. The Balaban J connectivity index is 1.42. The van der Waals surface area contributed by atoms with Crippen molar-refractivity contribution in [3.63, 3.8) is 0 Å². The van der Waals surface area contributed by atoms with Gasteiger partial charge in [-0.1, -0.05) is 18.2 Å². The van der Waals surface area contributed by atoms with Gasteiger partial charge >= 0.3 is 0 Å². The molecule has 0 saturated heterocycles. The van der Waals surface area contributed by atoms with E-state index in [9.17, 15) is 0 Å². The Bertz CT molecular complexity index is 1490. The van der Waals surface area contributed by atoms with Crippen molar-refractivity contribution in [2.24, 2.45) is 0 Å². The number of ether oxygens (including phenoxy) is 2. The Hall–Kier alpha value is -3.90. The van der Waals surface area contributed by atoms with Gasteiger partial charge in [-0.2, -0.15) is 5.10 Å². The first-order chi connectivity index (χ1) is 16.6. The molecule has 6 heteroatoms.